The number of rotatable bonds is 7. The molecule has 0 atom stereocenters. The topological polar surface area (TPSA) is 24.5 Å². The highest BCUT2D eigenvalue weighted by Crippen LogP contribution is 2.22. The van der Waals surface area contributed by atoms with Crippen molar-refractivity contribution in [3.63, 3.8) is 0 Å². The fourth-order valence-corrected chi connectivity index (χ4v) is 2.75. The van der Waals surface area contributed by atoms with Crippen LogP contribution < -0.4 is 5.32 Å². The van der Waals surface area contributed by atoms with Gasteiger partial charge in [0.1, 0.15) is 0 Å². The molecule has 1 aliphatic carbocycles. The Labute approximate surface area is 120 Å². The van der Waals surface area contributed by atoms with Crippen molar-refractivity contribution >= 4 is 0 Å². The van der Waals surface area contributed by atoms with Crippen molar-refractivity contribution < 1.29 is 4.74 Å². The quantitative estimate of drug-likeness (QED) is 0.769. The van der Waals surface area contributed by atoms with Crippen LogP contribution in [0.4, 0.5) is 0 Å². The number of nitrogens with zero attached hydrogens (tertiary/aromatic N) is 1. The molecule has 3 nitrogen and oxygen atoms in total. The summed E-state index contributed by atoms with van der Waals surface area (Å²) in [5, 5.41) is 3.65. The molecule has 1 rings (SSSR count). The van der Waals surface area contributed by atoms with Gasteiger partial charge in [0.05, 0.1) is 12.2 Å². The number of hydrogen-bond donors (Lipinski definition) is 1. The lowest BCUT2D eigenvalue weighted by Crippen LogP contribution is -2.42. The maximum Gasteiger partial charge on any atom is 0.0600 e. The average molecular weight is 270 g/mol. The zero-order valence-corrected chi connectivity index (χ0v) is 13.7. The van der Waals surface area contributed by atoms with E-state index in [9.17, 15) is 0 Å². The number of nitrogens with one attached hydrogen (secondary N) is 1. The van der Waals surface area contributed by atoms with Gasteiger partial charge in [-0.2, -0.15) is 0 Å². The predicted octanol–water partition coefficient (Wildman–Crippen LogP) is 3.04. The summed E-state index contributed by atoms with van der Waals surface area (Å²) in [6, 6.07) is 1.51. The van der Waals surface area contributed by atoms with Crippen LogP contribution in [-0.4, -0.2) is 49.3 Å². The molecule has 0 spiro atoms. The van der Waals surface area contributed by atoms with Gasteiger partial charge in [0.2, 0.25) is 0 Å². The van der Waals surface area contributed by atoms with Gasteiger partial charge in [-0.1, -0.05) is 6.92 Å². The summed E-state index contributed by atoms with van der Waals surface area (Å²) in [7, 11) is 2.25. The SMILES string of the molecule is CCCNC1CCC(N(C)CCOC(C)(C)C)CC1. The molecule has 0 saturated heterocycles. The lowest BCUT2D eigenvalue weighted by molar-refractivity contribution is -0.0163. The summed E-state index contributed by atoms with van der Waals surface area (Å²) >= 11 is 0. The Morgan fingerprint density at radius 1 is 1.16 bits per heavy atom. The average Bonchev–Trinajstić information content (AvgIpc) is 2.35. The fourth-order valence-electron chi connectivity index (χ4n) is 2.75. The largest absolute Gasteiger partial charge is 0.375 e. The summed E-state index contributed by atoms with van der Waals surface area (Å²) in [5.74, 6) is 0. The molecule has 1 fully saturated rings. The second kappa shape index (κ2) is 8.23. The van der Waals surface area contributed by atoms with Crippen molar-refractivity contribution in [3.05, 3.63) is 0 Å². The molecule has 114 valence electrons. The molecule has 0 aromatic rings. The van der Waals surface area contributed by atoms with E-state index in [0.717, 1.165) is 25.2 Å². The van der Waals surface area contributed by atoms with Crippen molar-refractivity contribution in [2.24, 2.45) is 0 Å². The molecule has 0 aliphatic heterocycles. The van der Waals surface area contributed by atoms with Crippen LogP contribution in [-0.2, 0) is 4.74 Å². The molecular formula is C16H34N2O. The zero-order chi connectivity index (χ0) is 14.3. The number of ether oxygens (including phenoxy) is 1. The van der Waals surface area contributed by atoms with E-state index in [2.05, 4.69) is 45.0 Å². The van der Waals surface area contributed by atoms with Gasteiger partial charge in [0.25, 0.3) is 0 Å². The number of hydrogen-bond acceptors (Lipinski definition) is 3. The minimum absolute atomic E-state index is 0.0113. The lowest BCUT2D eigenvalue weighted by Gasteiger charge is -2.35. The third-order valence-electron chi connectivity index (χ3n) is 3.98. The maximum atomic E-state index is 5.81. The van der Waals surface area contributed by atoms with E-state index in [-0.39, 0.29) is 5.60 Å². The van der Waals surface area contributed by atoms with Gasteiger partial charge in [0, 0.05) is 18.6 Å². The summed E-state index contributed by atoms with van der Waals surface area (Å²) in [5.41, 5.74) is -0.0113. The van der Waals surface area contributed by atoms with Crippen LogP contribution >= 0.6 is 0 Å². The Bertz CT molecular complexity index is 229. The van der Waals surface area contributed by atoms with Crippen molar-refractivity contribution in [2.45, 2.75) is 77.5 Å². The molecule has 3 heteroatoms. The molecule has 1 saturated carbocycles. The van der Waals surface area contributed by atoms with Gasteiger partial charge in [-0.15, -0.1) is 0 Å². The molecule has 0 amide bonds. The minimum Gasteiger partial charge on any atom is -0.375 e. The number of likely N-dealkylation sites (N-methyl/N-ethyl adjacent to an activating group) is 1. The van der Waals surface area contributed by atoms with Gasteiger partial charge in [0.15, 0.2) is 0 Å². The molecule has 0 radical (unpaired) electrons. The standard InChI is InChI=1S/C16H34N2O/c1-6-11-17-14-7-9-15(10-8-14)18(5)12-13-19-16(2,3)4/h14-15,17H,6-13H2,1-5H3. The summed E-state index contributed by atoms with van der Waals surface area (Å²) in [6.07, 6.45) is 6.55. The van der Waals surface area contributed by atoms with E-state index in [1.54, 1.807) is 0 Å². The first-order chi connectivity index (χ1) is 8.92. The van der Waals surface area contributed by atoms with Crippen LogP contribution in [0.25, 0.3) is 0 Å². The van der Waals surface area contributed by atoms with Crippen LogP contribution in [0.2, 0.25) is 0 Å². The van der Waals surface area contributed by atoms with Gasteiger partial charge >= 0.3 is 0 Å². The molecular weight excluding hydrogens is 236 g/mol. The van der Waals surface area contributed by atoms with Gasteiger partial charge in [-0.3, -0.25) is 0 Å². The molecule has 19 heavy (non-hydrogen) atoms. The Morgan fingerprint density at radius 2 is 1.79 bits per heavy atom. The smallest absolute Gasteiger partial charge is 0.0600 e. The van der Waals surface area contributed by atoms with Crippen LogP contribution in [0.5, 0.6) is 0 Å². The highest BCUT2D eigenvalue weighted by Gasteiger charge is 2.23. The first-order valence-electron chi connectivity index (χ1n) is 8.00. The van der Waals surface area contributed by atoms with Crippen molar-refractivity contribution in [1.82, 2.24) is 10.2 Å². The van der Waals surface area contributed by atoms with E-state index in [0.29, 0.717) is 0 Å². The van der Waals surface area contributed by atoms with Crippen LogP contribution in [0, 0.1) is 0 Å². The maximum absolute atomic E-state index is 5.81. The van der Waals surface area contributed by atoms with Crippen LogP contribution in [0.15, 0.2) is 0 Å². The van der Waals surface area contributed by atoms with Crippen molar-refractivity contribution in [3.8, 4) is 0 Å². The summed E-state index contributed by atoms with van der Waals surface area (Å²) in [4.78, 5) is 2.49. The summed E-state index contributed by atoms with van der Waals surface area (Å²) < 4.78 is 5.81. The lowest BCUT2D eigenvalue weighted by atomic mass is 9.90. The Morgan fingerprint density at radius 3 is 2.32 bits per heavy atom. The first kappa shape index (κ1) is 16.9. The first-order valence-corrected chi connectivity index (χ1v) is 8.00. The van der Waals surface area contributed by atoms with Gasteiger partial charge < -0.3 is 15.0 Å². The van der Waals surface area contributed by atoms with E-state index in [1.165, 1.54) is 38.6 Å². The minimum atomic E-state index is -0.0113. The van der Waals surface area contributed by atoms with E-state index in [4.69, 9.17) is 4.74 Å². The second-order valence-corrected chi connectivity index (χ2v) is 6.90. The van der Waals surface area contributed by atoms with E-state index >= 15 is 0 Å². The van der Waals surface area contributed by atoms with Crippen LogP contribution in [0.3, 0.4) is 0 Å². The highest BCUT2D eigenvalue weighted by atomic mass is 16.5. The van der Waals surface area contributed by atoms with Crippen molar-refractivity contribution in [2.75, 3.05) is 26.7 Å². The molecule has 0 aromatic carbocycles. The third-order valence-corrected chi connectivity index (χ3v) is 3.98. The normalized spacial score (nSPS) is 24.9. The molecule has 0 heterocycles. The molecule has 0 unspecified atom stereocenters. The van der Waals surface area contributed by atoms with Gasteiger partial charge in [-0.25, -0.2) is 0 Å². The second-order valence-electron chi connectivity index (χ2n) is 6.90. The Kier molecular flexibility index (Phi) is 7.33. The predicted molar refractivity (Wildman–Crippen MR) is 82.7 cm³/mol. The molecule has 1 N–H and O–H groups in total. The third kappa shape index (κ3) is 7.28. The Hall–Kier alpha value is -0.120. The fraction of sp³-hybridized carbons (Fsp3) is 1.00. The summed E-state index contributed by atoms with van der Waals surface area (Å²) in [6.45, 7) is 11.7. The van der Waals surface area contributed by atoms with Gasteiger partial charge in [-0.05, 0) is 66.5 Å². The van der Waals surface area contributed by atoms with Crippen molar-refractivity contribution in [1.29, 1.82) is 0 Å². The molecule has 1 aliphatic rings. The molecule has 0 aromatic heterocycles. The monoisotopic (exact) mass is 270 g/mol. The zero-order valence-electron chi connectivity index (χ0n) is 13.7. The highest BCUT2D eigenvalue weighted by molar-refractivity contribution is 4.81. The van der Waals surface area contributed by atoms with E-state index < -0.39 is 0 Å². The van der Waals surface area contributed by atoms with E-state index in [1.807, 2.05) is 0 Å². The Balaban J connectivity index is 2.16. The van der Waals surface area contributed by atoms with Crippen LogP contribution in [0.1, 0.15) is 59.8 Å². The molecule has 0 bridgehead atoms.